The predicted molar refractivity (Wildman–Crippen MR) is 102 cm³/mol. The number of carbonyl (C=O) groups is 1. The van der Waals surface area contributed by atoms with Crippen LogP contribution in [0.2, 0.25) is 0 Å². The second-order valence-corrected chi connectivity index (χ2v) is 6.42. The average Bonchev–Trinajstić information content (AvgIpc) is 3.19. The minimum absolute atomic E-state index is 0.106. The minimum atomic E-state index is -0.106. The van der Waals surface area contributed by atoms with E-state index in [0.717, 1.165) is 5.56 Å². The van der Waals surface area contributed by atoms with Crippen molar-refractivity contribution in [2.24, 2.45) is 0 Å². The number of ether oxygens (including phenoxy) is 2. The van der Waals surface area contributed by atoms with Crippen LogP contribution in [0.3, 0.4) is 0 Å². The standard InChI is InChI=1S/C19H19N3O4S/c1-24-14-8-9-15(16(10-14)25-2)18-21-22-19(26-18)27-12-17(23)20-11-13-6-4-3-5-7-13/h3-10H,11-12H2,1-2H3,(H,20,23). The van der Waals surface area contributed by atoms with Gasteiger partial charge in [-0.05, 0) is 17.7 Å². The van der Waals surface area contributed by atoms with Crippen molar-refractivity contribution in [1.82, 2.24) is 15.5 Å². The van der Waals surface area contributed by atoms with E-state index in [1.54, 1.807) is 32.4 Å². The van der Waals surface area contributed by atoms with E-state index in [2.05, 4.69) is 15.5 Å². The fourth-order valence-electron chi connectivity index (χ4n) is 2.33. The molecule has 2 aromatic carbocycles. The molecule has 0 unspecified atom stereocenters. The zero-order valence-electron chi connectivity index (χ0n) is 15.0. The number of benzene rings is 2. The molecule has 0 aliphatic rings. The number of carbonyl (C=O) groups excluding carboxylic acids is 1. The first-order valence-electron chi connectivity index (χ1n) is 8.19. The van der Waals surface area contributed by atoms with Crippen molar-refractivity contribution < 1.29 is 18.7 Å². The number of nitrogens with zero attached hydrogens (tertiary/aromatic N) is 2. The van der Waals surface area contributed by atoms with Gasteiger partial charge in [-0.25, -0.2) is 0 Å². The van der Waals surface area contributed by atoms with Crippen LogP contribution < -0.4 is 14.8 Å². The van der Waals surface area contributed by atoms with Gasteiger partial charge in [-0.2, -0.15) is 0 Å². The molecule has 0 spiro atoms. The van der Waals surface area contributed by atoms with Gasteiger partial charge in [-0.3, -0.25) is 4.79 Å². The molecular weight excluding hydrogens is 366 g/mol. The third-order valence-corrected chi connectivity index (χ3v) is 4.52. The Bertz CT molecular complexity index is 899. The first-order chi connectivity index (χ1) is 13.2. The van der Waals surface area contributed by atoms with E-state index in [-0.39, 0.29) is 11.7 Å². The van der Waals surface area contributed by atoms with Crippen LogP contribution in [0.15, 0.2) is 58.2 Å². The molecule has 0 saturated carbocycles. The van der Waals surface area contributed by atoms with E-state index >= 15 is 0 Å². The summed E-state index contributed by atoms with van der Waals surface area (Å²) in [5.41, 5.74) is 1.70. The Labute approximate surface area is 161 Å². The van der Waals surface area contributed by atoms with Crippen molar-refractivity contribution in [2.45, 2.75) is 11.8 Å². The van der Waals surface area contributed by atoms with Crippen LogP contribution in [-0.4, -0.2) is 36.1 Å². The van der Waals surface area contributed by atoms with Gasteiger partial charge in [-0.1, -0.05) is 42.1 Å². The Morgan fingerprint density at radius 1 is 1.11 bits per heavy atom. The molecule has 140 valence electrons. The molecule has 7 nitrogen and oxygen atoms in total. The normalized spacial score (nSPS) is 10.4. The number of rotatable bonds is 8. The number of methoxy groups -OCH3 is 2. The SMILES string of the molecule is COc1ccc(-c2nnc(SCC(=O)NCc3ccccc3)o2)c(OC)c1. The van der Waals surface area contributed by atoms with Gasteiger partial charge in [0, 0.05) is 12.6 Å². The second kappa shape index (κ2) is 9.09. The Hall–Kier alpha value is -3.00. The summed E-state index contributed by atoms with van der Waals surface area (Å²) in [4.78, 5) is 12.0. The van der Waals surface area contributed by atoms with Gasteiger partial charge in [0.1, 0.15) is 11.5 Å². The van der Waals surface area contributed by atoms with Crippen molar-refractivity contribution in [1.29, 1.82) is 0 Å². The highest BCUT2D eigenvalue weighted by Gasteiger charge is 2.15. The molecule has 0 radical (unpaired) electrons. The van der Waals surface area contributed by atoms with Gasteiger partial charge in [0.05, 0.1) is 25.5 Å². The molecule has 3 rings (SSSR count). The van der Waals surface area contributed by atoms with Crippen LogP contribution in [0.25, 0.3) is 11.5 Å². The molecular formula is C19H19N3O4S. The van der Waals surface area contributed by atoms with E-state index < -0.39 is 0 Å². The van der Waals surface area contributed by atoms with E-state index in [4.69, 9.17) is 13.9 Å². The van der Waals surface area contributed by atoms with E-state index in [9.17, 15) is 4.79 Å². The van der Waals surface area contributed by atoms with Gasteiger partial charge in [0.15, 0.2) is 0 Å². The fraction of sp³-hybridized carbons (Fsp3) is 0.211. The lowest BCUT2D eigenvalue weighted by atomic mass is 10.2. The molecule has 1 amide bonds. The monoisotopic (exact) mass is 385 g/mol. The number of hydrogen-bond acceptors (Lipinski definition) is 7. The van der Waals surface area contributed by atoms with Gasteiger partial charge in [-0.15, -0.1) is 10.2 Å². The molecule has 0 fully saturated rings. The Morgan fingerprint density at radius 2 is 1.93 bits per heavy atom. The van der Waals surface area contributed by atoms with Gasteiger partial charge >= 0.3 is 0 Å². The van der Waals surface area contributed by atoms with Crippen molar-refractivity contribution in [2.75, 3.05) is 20.0 Å². The maximum atomic E-state index is 12.0. The number of nitrogens with one attached hydrogen (secondary N) is 1. The van der Waals surface area contributed by atoms with Crippen molar-refractivity contribution in [3.63, 3.8) is 0 Å². The number of hydrogen-bond donors (Lipinski definition) is 1. The molecule has 1 N–H and O–H groups in total. The number of aromatic nitrogens is 2. The Balaban J connectivity index is 1.57. The largest absolute Gasteiger partial charge is 0.497 e. The first kappa shape index (κ1) is 18.8. The lowest BCUT2D eigenvalue weighted by Crippen LogP contribution is -2.24. The number of thioether (sulfide) groups is 1. The summed E-state index contributed by atoms with van der Waals surface area (Å²) in [7, 11) is 3.14. The van der Waals surface area contributed by atoms with Crippen LogP contribution in [-0.2, 0) is 11.3 Å². The highest BCUT2D eigenvalue weighted by molar-refractivity contribution is 7.99. The first-order valence-corrected chi connectivity index (χ1v) is 9.17. The third-order valence-electron chi connectivity index (χ3n) is 3.70. The maximum Gasteiger partial charge on any atom is 0.277 e. The zero-order valence-corrected chi connectivity index (χ0v) is 15.8. The lowest BCUT2D eigenvalue weighted by molar-refractivity contribution is -0.118. The summed E-state index contributed by atoms with van der Waals surface area (Å²) in [5, 5.41) is 11.2. The van der Waals surface area contributed by atoms with Crippen LogP contribution in [0.4, 0.5) is 0 Å². The summed E-state index contributed by atoms with van der Waals surface area (Å²) >= 11 is 1.18. The molecule has 0 bridgehead atoms. The lowest BCUT2D eigenvalue weighted by Gasteiger charge is -2.07. The minimum Gasteiger partial charge on any atom is -0.497 e. The van der Waals surface area contributed by atoms with Crippen LogP contribution in [0, 0.1) is 0 Å². The van der Waals surface area contributed by atoms with Crippen LogP contribution in [0.1, 0.15) is 5.56 Å². The van der Waals surface area contributed by atoms with Crippen LogP contribution in [0.5, 0.6) is 11.5 Å². The average molecular weight is 385 g/mol. The molecule has 0 atom stereocenters. The highest BCUT2D eigenvalue weighted by atomic mass is 32.2. The van der Waals surface area contributed by atoms with Crippen molar-refractivity contribution in [3.8, 4) is 23.0 Å². The summed E-state index contributed by atoms with van der Waals surface area (Å²) in [5.74, 6) is 1.64. The number of amides is 1. The van der Waals surface area contributed by atoms with Gasteiger partial charge in [0.25, 0.3) is 11.1 Å². The Kier molecular flexibility index (Phi) is 6.32. The van der Waals surface area contributed by atoms with E-state index in [1.807, 2.05) is 30.3 Å². The fourth-order valence-corrected chi connectivity index (χ4v) is 2.92. The van der Waals surface area contributed by atoms with E-state index in [1.165, 1.54) is 11.8 Å². The van der Waals surface area contributed by atoms with Gasteiger partial charge in [0.2, 0.25) is 5.91 Å². The van der Waals surface area contributed by atoms with E-state index in [0.29, 0.717) is 34.7 Å². The maximum absolute atomic E-state index is 12.0. The smallest absolute Gasteiger partial charge is 0.277 e. The summed E-state index contributed by atoms with van der Waals surface area (Å²) < 4.78 is 16.2. The highest BCUT2D eigenvalue weighted by Crippen LogP contribution is 2.33. The predicted octanol–water partition coefficient (Wildman–Crippen LogP) is 3.16. The molecule has 0 saturated heterocycles. The third kappa shape index (κ3) is 5.01. The van der Waals surface area contributed by atoms with Crippen molar-refractivity contribution in [3.05, 3.63) is 54.1 Å². The molecule has 1 aromatic heterocycles. The second-order valence-electron chi connectivity index (χ2n) is 5.49. The molecule has 0 aliphatic heterocycles. The van der Waals surface area contributed by atoms with Gasteiger partial charge < -0.3 is 19.2 Å². The molecule has 8 heteroatoms. The Morgan fingerprint density at radius 3 is 2.67 bits per heavy atom. The summed E-state index contributed by atoms with van der Waals surface area (Å²) in [6, 6.07) is 15.0. The van der Waals surface area contributed by atoms with Crippen LogP contribution >= 0.6 is 11.8 Å². The molecule has 3 aromatic rings. The topological polar surface area (TPSA) is 86.5 Å². The quantitative estimate of drug-likeness (QED) is 0.596. The zero-order chi connectivity index (χ0) is 19.1. The molecule has 1 heterocycles. The van der Waals surface area contributed by atoms with Crippen molar-refractivity contribution >= 4 is 17.7 Å². The molecule has 0 aliphatic carbocycles. The summed E-state index contributed by atoms with van der Waals surface area (Å²) in [6.07, 6.45) is 0. The summed E-state index contributed by atoms with van der Waals surface area (Å²) in [6.45, 7) is 0.484. The molecule has 27 heavy (non-hydrogen) atoms.